The molecule has 0 aliphatic heterocycles. The number of methoxy groups -OCH3 is 2. The molecule has 0 fully saturated rings. The summed E-state index contributed by atoms with van der Waals surface area (Å²) < 4.78 is 55.9. The van der Waals surface area contributed by atoms with E-state index in [0.717, 1.165) is 4.68 Å². The number of aromatic amines is 1. The summed E-state index contributed by atoms with van der Waals surface area (Å²) in [6.07, 6.45) is -5.14. The highest BCUT2D eigenvalue weighted by Crippen LogP contribution is 2.33. The first-order chi connectivity index (χ1) is 20.5. The summed E-state index contributed by atoms with van der Waals surface area (Å²) in [7, 11) is 3.01. The van der Waals surface area contributed by atoms with E-state index < -0.39 is 23.8 Å². The smallest absolute Gasteiger partial charge is 0.471 e. The van der Waals surface area contributed by atoms with Crippen LogP contribution in [0.4, 0.5) is 24.5 Å². The Labute approximate surface area is 243 Å². The summed E-state index contributed by atoms with van der Waals surface area (Å²) in [5.74, 6) is -1.39. The molecular formula is C28H28F3N7O5. The molecule has 1 unspecified atom stereocenters. The number of benzene rings is 3. The van der Waals surface area contributed by atoms with Crippen LogP contribution in [0.25, 0.3) is 5.69 Å². The Kier molecular flexibility index (Phi) is 9.35. The van der Waals surface area contributed by atoms with Crippen molar-refractivity contribution in [1.29, 1.82) is 5.41 Å². The van der Waals surface area contributed by atoms with Gasteiger partial charge in [-0.25, -0.2) is 4.79 Å². The zero-order valence-corrected chi connectivity index (χ0v) is 23.0. The average Bonchev–Trinajstić information content (AvgIpc) is 3.37. The van der Waals surface area contributed by atoms with Crippen molar-refractivity contribution in [3.63, 3.8) is 0 Å². The molecule has 226 valence electrons. The van der Waals surface area contributed by atoms with Crippen LogP contribution in [-0.4, -0.2) is 60.1 Å². The van der Waals surface area contributed by atoms with Gasteiger partial charge in [-0.3, -0.25) is 15.2 Å². The predicted octanol–water partition coefficient (Wildman–Crippen LogP) is 3.58. The lowest BCUT2D eigenvalue weighted by Crippen LogP contribution is -2.30. The molecule has 1 atom stereocenters. The number of nitrogen functional groups attached to an aromatic ring is 1. The molecular weight excluding hydrogens is 571 g/mol. The van der Waals surface area contributed by atoms with Crippen molar-refractivity contribution in [1.82, 2.24) is 14.8 Å². The highest BCUT2D eigenvalue weighted by molar-refractivity contribution is 5.96. The van der Waals surface area contributed by atoms with Crippen LogP contribution in [0.1, 0.15) is 23.0 Å². The number of hydrogen-bond acceptors (Lipinski definition) is 8. The SMILES string of the molecule is COCCOc1ccc(C(Nc2ccc(C(=N)N)cc2)c2nn(-c3ccccc3NC(=O)C(F)(F)F)c(=O)[nH]2)cc1OC. The van der Waals surface area contributed by atoms with E-state index in [-0.39, 0.29) is 29.6 Å². The lowest BCUT2D eigenvalue weighted by Gasteiger charge is -2.20. The molecule has 15 heteroatoms. The second-order valence-electron chi connectivity index (χ2n) is 9.02. The number of ether oxygens (including phenoxy) is 3. The van der Waals surface area contributed by atoms with Gasteiger partial charge in [0.05, 0.1) is 25.1 Å². The molecule has 12 nitrogen and oxygen atoms in total. The maximum absolute atomic E-state index is 13.1. The number of halogens is 3. The molecule has 4 aromatic rings. The van der Waals surface area contributed by atoms with Crippen LogP contribution < -0.4 is 31.5 Å². The number of alkyl halides is 3. The van der Waals surface area contributed by atoms with Crippen molar-refractivity contribution < 1.29 is 32.2 Å². The molecule has 0 aliphatic rings. The van der Waals surface area contributed by atoms with Gasteiger partial charge >= 0.3 is 17.8 Å². The number of anilines is 2. The van der Waals surface area contributed by atoms with Crippen molar-refractivity contribution in [3.05, 3.63) is 94.2 Å². The lowest BCUT2D eigenvalue weighted by molar-refractivity contribution is -0.167. The minimum atomic E-state index is -5.14. The number of nitrogens with two attached hydrogens (primary N) is 1. The summed E-state index contributed by atoms with van der Waals surface area (Å²) >= 11 is 0. The average molecular weight is 600 g/mol. The van der Waals surface area contributed by atoms with Gasteiger partial charge in [0, 0.05) is 18.4 Å². The van der Waals surface area contributed by atoms with Crippen LogP contribution in [0.5, 0.6) is 11.5 Å². The van der Waals surface area contributed by atoms with E-state index in [2.05, 4.69) is 15.4 Å². The maximum atomic E-state index is 13.1. The minimum Gasteiger partial charge on any atom is -0.493 e. The zero-order chi connectivity index (χ0) is 31.1. The van der Waals surface area contributed by atoms with Gasteiger partial charge in [0.2, 0.25) is 0 Å². The first-order valence-corrected chi connectivity index (χ1v) is 12.7. The molecule has 1 amide bonds. The van der Waals surface area contributed by atoms with Crippen molar-refractivity contribution in [3.8, 4) is 17.2 Å². The largest absolute Gasteiger partial charge is 0.493 e. The van der Waals surface area contributed by atoms with Crippen LogP contribution in [0.3, 0.4) is 0 Å². The molecule has 6 N–H and O–H groups in total. The fourth-order valence-electron chi connectivity index (χ4n) is 4.03. The van der Waals surface area contributed by atoms with Gasteiger partial charge in [-0.15, -0.1) is 5.10 Å². The number of H-pyrrole nitrogens is 1. The number of amidine groups is 1. The molecule has 1 aromatic heterocycles. The first kappa shape index (κ1) is 30.6. The fraction of sp³-hybridized carbons (Fsp3) is 0.214. The Balaban J connectivity index is 1.77. The summed E-state index contributed by atoms with van der Waals surface area (Å²) in [5, 5.41) is 17.1. The van der Waals surface area contributed by atoms with Crippen LogP contribution in [0, 0.1) is 5.41 Å². The third kappa shape index (κ3) is 7.32. The minimum absolute atomic E-state index is 0.0865. The topological polar surface area (TPSA) is 169 Å². The van der Waals surface area contributed by atoms with Crippen molar-refractivity contribution in [2.24, 2.45) is 5.73 Å². The van der Waals surface area contributed by atoms with Gasteiger partial charge in [0.15, 0.2) is 17.3 Å². The Bertz CT molecular complexity index is 1650. The normalized spacial score (nSPS) is 11.9. The van der Waals surface area contributed by atoms with E-state index in [1.165, 1.54) is 31.4 Å². The molecule has 4 rings (SSSR count). The Morgan fingerprint density at radius 3 is 2.44 bits per heavy atom. The number of carbonyl (C=O) groups excluding carboxylic acids is 1. The fourth-order valence-corrected chi connectivity index (χ4v) is 4.03. The van der Waals surface area contributed by atoms with Crippen molar-refractivity contribution >= 4 is 23.1 Å². The summed E-state index contributed by atoms with van der Waals surface area (Å²) in [6.45, 7) is 0.632. The number of amides is 1. The van der Waals surface area contributed by atoms with Crippen LogP contribution in [0.2, 0.25) is 0 Å². The highest BCUT2D eigenvalue weighted by Gasteiger charge is 2.39. The maximum Gasteiger partial charge on any atom is 0.471 e. The number of hydrogen-bond donors (Lipinski definition) is 5. The van der Waals surface area contributed by atoms with Gasteiger partial charge in [-0.2, -0.15) is 17.9 Å². The number of rotatable bonds is 12. The quantitative estimate of drug-likeness (QED) is 0.0935. The van der Waals surface area contributed by atoms with Crippen molar-refractivity contribution in [2.45, 2.75) is 12.2 Å². The Morgan fingerprint density at radius 1 is 1.07 bits per heavy atom. The number of carbonyl (C=O) groups is 1. The number of aromatic nitrogens is 3. The van der Waals surface area contributed by atoms with Crippen LogP contribution in [-0.2, 0) is 9.53 Å². The van der Waals surface area contributed by atoms with Gasteiger partial charge in [0.25, 0.3) is 0 Å². The molecule has 1 heterocycles. The van der Waals surface area contributed by atoms with E-state index in [9.17, 15) is 22.8 Å². The molecule has 0 saturated carbocycles. The lowest BCUT2D eigenvalue weighted by atomic mass is 10.0. The third-order valence-corrected chi connectivity index (χ3v) is 6.12. The monoisotopic (exact) mass is 599 g/mol. The third-order valence-electron chi connectivity index (χ3n) is 6.12. The molecule has 43 heavy (non-hydrogen) atoms. The molecule has 0 radical (unpaired) electrons. The van der Waals surface area contributed by atoms with Crippen molar-refractivity contribution in [2.75, 3.05) is 38.1 Å². The van der Waals surface area contributed by atoms with E-state index in [1.807, 2.05) is 0 Å². The molecule has 0 saturated heterocycles. The van der Waals surface area contributed by atoms with Crippen LogP contribution in [0.15, 0.2) is 71.5 Å². The Morgan fingerprint density at radius 2 is 1.79 bits per heavy atom. The van der Waals surface area contributed by atoms with E-state index in [0.29, 0.717) is 34.9 Å². The van der Waals surface area contributed by atoms with Crippen LogP contribution >= 0.6 is 0 Å². The van der Waals surface area contributed by atoms with Gasteiger partial charge in [-0.1, -0.05) is 18.2 Å². The number of para-hydroxylation sites is 2. The van der Waals surface area contributed by atoms with Gasteiger partial charge < -0.3 is 30.6 Å². The predicted molar refractivity (Wildman–Crippen MR) is 152 cm³/mol. The van der Waals surface area contributed by atoms with Gasteiger partial charge in [0.1, 0.15) is 18.5 Å². The second-order valence-corrected chi connectivity index (χ2v) is 9.02. The van der Waals surface area contributed by atoms with E-state index in [1.54, 1.807) is 54.9 Å². The molecule has 3 aromatic carbocycles. The molecule has 0 aliphatic carbocycles. The van der Waals surface area contributed by atoms with E-state index in [4.69, 9.17) is 25.4 Å². The standard InChI is InChI=1S/C28H28F3N7O5/c1-41-13-14-43-21-12-9-17(15-22(21)42-2)23(34-18-10-7-16(8-11-18)24(32)33)25-36-27(40)38(37-25)20-6-4-3-5-19(20)35-26(39)28(29,30)31/h3-12,15,23,34H,13-14H2,1-2H3,(H3,32,33)(H,35,39)(H,36,37,40). The highest BCUT2D eigenvalue weighted by atomic mass is 19.4. The summed E-state index contributed by atoms with van der Waals surface area (Å²) in [5.41, 5.74) is 6.08. The summed E-state index contributed by atoms with van der Waals surface area (Å²) in [4.78, 5) is 27.4. The van der Waals surface area contributed by atoms with Gasteiger partial charge in [-0.05, 0) is 54.1 Å². The second kappa shape index (κ2) is 13.1. The number of nitrogens with zero attached hydrogens (tertiary/aromatic N) is 2. The van der Waals surface area contributed by atoms with E-state index >= 15 is 0 Å². The summed E-state index contributed by atoms with van der Waals surface area (Å²) in [6, 6.07) is 16.3. The number of nitrogens with one attached hydrogen (secondary N) is 4. The first-order valence-electron chi connectivity index (χ1n) is 12.7. The Hall–Kier alpha value is -5.31. The molecule has 0 spiro atoms. The zero-order valence-electron chi connectivity index (χ0n) is 23.0. The molecule has 0 bridgehead atoms.